The van der Waals surface area contributed by atoms with Gasteiger partial charge >= 0.3 is 0 Å². The Hall–Kier alpha value is -2.27. The van der Waals surface area contributed by atoms with Gasteiger partial charge in [0.1, 0.15) is 24.7 Å². The number of methoxy groups -OCH3 is 1. The molecule has 2 aromatic rings. The quantitative estimate of drug-likeness (QED) is 0.924. The first kappa shape index (κ1) is 12.7. The van der Waals surface area contributed by atoms with E-state index in [1.165, 1.54) is 0 Å². The standard InChI is InChI=1S/C15H16N2O3/c1-18-11-6-3-7-17-14(11)13(16)10-4-2-5-12-15(10)20-9-8-19-12/h2-7,13H,8-9,16H2,1H3. The Bertz CT molecular complexity index is 616. The van der Waals surface area contributed by atoms with Crippen LogP contribution < -0.4 is 19.9 Å². The van der Waals surface area contributed by atoms with Gasteiger partial charge in [-0.05, 0) is 18.2 Å². The average molecular weight is 272 g/mol. The lowest BCUT2D eigenvalue weighted by atomic mass is 10.0. The van der Waals surface area contributed by atoms with Crippen LogP contribution in [0.25, 0.3) is 0 Å². The van der Waals surface area contributed by atoms with E-state index in [0.717, 1.165) is 11.3 Å². The van der Waals surface area contributed by atoms with Crippen LogP contribution in [0.5, 0.6) is 17.2 Å². The Kier molecular flexibility index (Phi) is 3.43. The van der Waals surface area contributed by atoms with Crippen molar-refractivity contribution in [2.24, 2.45) is 5.73 Å². The van der Waals surface area contributed by atoms with Crippen molar-refractivity contribution in [3.63, 3.8) is 0 Å². The summed E-state index contributed by atoms with van der Waals surface area (Å²) >= 11 is 0. The summed E-state index contributed by atoms with van der Waals surface area (Å²) in [6, 6.07) is 8.93. The molecule has 2 N–H and O–H groups in total. The number of fused-ring (bicyclic) bond motifs is 1. The number of nitrogens with zero attached hydrogens (tertiary/aromatic N) is 1. The Labute approximate surface area is 117 Å². The SMILES string of the molecule is COc1cccnc1C(N)c1cccc2c1OCCO2. The van der Waals surface area contributed by atoms with Gasteiger partial charge in [0.25, 0.3) is 0 Å². The summed E-state index contributed by atoms with van der Waals surface area (Å²) in [4.78, 5) is 4.33. The zero-order valence-electron chi connectivity index (χ0n) is 11.2. The minimum Gasteiger partial charge on any atom is -0.495 e. The molecule has 0 saturated heterocycles. The fourth-order valence-electron chi connectivity index (χ4n) is 2.30. The third kappa shape index (κ3) is 2.16. The van der Waals surface area contributed by atoms with E-state index in [9.17, 15) is 0 Å². The Morgan fingerprint density at radius 1 is 1.20 bits per heavy atom. The second-order valence-corrected chi connectivity index (χ2v) is 4.44. The summed E-state index contributed by atoms with van der Waals surface area (Å²) in [6.07, 6.45) is 1.70. The normalized spacial score (nSPS) is 14.7. The van der Waals surface area contributed by atoms with Gasteiger partial charge in [-0.3, -0.25) is 4.98 Å². The maximum Gasteiger partial charge on any atom is 0.166 e. The van der Waals surface area contributed by atoms with E-state index in [0.29, 0.717) is 30.4 Å². The van der Waals surface area contributed by atoms with E-state index in [1.54, 1.807) is 13.3 Å². The molecule has 0 bridgehead atoms. The fourth-order valence-corrected chi connectivity index (χ4v) is 2.30. The third-order valence-corrected chi connectivity index (χ3v) is 3.25. The first-order valence-corrected chi connectivity index (χ1v) is 6.44. The largest absolute Gasteiger partial charge is 0.495 e. The van der Waals surface area contributed by atoms with Gasteiger partial charge in [0.15, 0.2) is 11.5 Å². The molecular weight excluding hydrogens is 256 g/mol. The van der Waals surface area contributed by atoms with Crippen LogP contribution in [-0.4, -0.2) is 25.3 Å². The van der Waals surface area contributed by atoms with Gasteiger partial charge in [-0.2, -0.15) is 0 Å². The molecule has 2 heterocycles. The highest BCUT2D eigenvalue weighted by atomic mass is 16.6. The van der Waals surface area contributed by atoms with Crippen LogP contribution in [0.3, 0.4) is 0 Å². The van der Waals surface area contributed by atoms with Gasteiger partial charge in [-0.1, -0.05) is 12.1 Å². The Balaban J connectivity index is 2.04. The van der Waals surface area contributed by atoms with Gasteiger partial charge in [0.2, 0.25) is 0 Å². The number of rotatable bonds is 3. The first-order chi connectivity index (χ1) is 9.81. The van der Waals surface area contributed by atoms with Crippen molar-refractivity contribution in [2.75, 3.05) is 20.3 Å². The Morgan fingerprint density at radius 3 is 2.90 bits per heavy atom. The molecule has 0 saturated carbocycles. The topological polar surface area (TPSA) is 66.6 Å². The summed E-state index contributed by atoms with van der Waals surface area (Å²) in [7, 11) is 1.60. The molecule has 1 aliphatic rings. The van der Waals surface area contributed by atoms with E-state index >= 15 is 0 Å². The highest BCUT2D eigenvalue weighted by molar-refractivity contribution is 5.51. The van der Waals surface area contributed by atoms with Crippen molar-refractivity contribution >= 4 is 0 Å². The monoisotopic (exact) mass is 272 g/mol. The summed E-state index contributed by atoms with van der Waals surface area (Å²) in [5, 5.41) is 0. The second kappa shape index (κ2) is 5.38. The highest BCUT2D eigenvalue weighted by Crippen LogP contribution is 2.39. The molecular formula is C15H16N2O3. The summed E-state index contributed by atoms with van der Waals surface area (Å²) in [6.45, 7) is 1.08. The number of benzene rings is 1. The lowest BCUT2D eigenvalue weighted by Gasteiger charge is -2.23. The second-order valence-electron chi connectivity index (χ2n) is 4.44. The van der Waals surface area contributed by atoms with Gasteiger partial charge in [0.05, 0.1) is 13.2 Å². The molecule has 0 aliphatic carbocycles. The molecule has 20 heavy (non-hydrogen) atoms. The van der Waals surface area contributed by atoms with E-state index < -0.39 is 6.04 Å². The van der Waals surface area contributed by atoms with Crippen molar-refractivity contribution in [1.29, 1.82) is 0 Å². The molecule has 3 rings (SSSR count). The molecule has 1 atom stereocenters. The predicted octanol–water partition coefficient (Wildman–Crippen LogP) is 1.91. The van der Waals surface area contributed by atoms with Crippen molar-refractivity contribution in [2.45, 2.75) is 6.04 Å². The molecule has 104 valence electrons. The fraction of sp³-hybridized carbons (Fsp3) is 0.267. The van der Waals surface area contributed by atoms with Crippen molar-refractivity contribution in [3.8, 4) is 17.2 Å². The highest BCUT2D eigenvalue weighted by Gasteiger charge is 2.23. The third-order valence-electron chi connectivity index (χ3n) is 3.25. The van der Waals surface area contributed by atoms with Crippen molar-refractivity contribution in [3.05, 3.63) is 47.8 Å². The zero-order valence-corrected chi connectivity index (χ0v) is 11.2. The summed E-state index contributed by atoms with van der Waals surface area (Å²) in [5.41, 5.74) is 7.86. The number of aromatic nitrogens is 1. The number of para-hydroxylation sites is 1. The number of nitrogens with two attached hydrogens (primary N) is 1. The molecule has 0 fully saturated rings. The van der Waals surface area contributed by atoms with Gasteiger partial charge < -0.3 is 19.9 Å². The molecule has 0 spiro atoms. The number of pyridine rings is 1. The number of ether oxygens (including phenoxy) is 3. The zero-order chi connectivity index (χ0) is 13.9. The van der Waals surface area contributed by atoms with Crippen molar-refractivity contribution in [1.82, 2.24) is 4.98 Å². The van der Waals surface area contributed by atoms with Gasteiger partial charge in [0, 0.05) is 11.8 Å². The molecule has 1 unspecified atom stereocenters. The van der Waals surface area contributed by atoms with E-state index in [4.69, 9.17) is 19.9 Å². The lowest BCUT2D eigenvalue weighted by Crippen LogP contribution is -2.20. The van der Waals surface area contributed by atoms with Crippen LogP contribution in [0.2, 0.25) is 0 Å². The smallest absolute Gasteiger partial charge is 0.166 e. The van der Waals surface area contributed by atoms with Gasteiger partial charge in [-0.25, -0.2) is 0 Å². The molecule has 0 radical (unpaired) electrons. The lowest BCUT2D eigenvalue weighted by molar-refractivity contribution is 0.169. The van der Waals surface area contributed by atoms with Crippen LogP contribution in [0, 0.1) is 0 Å². The average Bonchev–Trinajstić information content (AvgIpc) is 2.53. The Morgan fingerprint density at radius 2 is 2.05 bits per heavy atom. The molecule has 0 amide bonds. The van der Waals surface area contributed by atoms with Crippen LogP contribution in [0.1, 0.15) is 17.3 Å². The van der Waals surface area contributed by atoms with Crippen molar-refractivity contribution < 1.29 is 14.2 Å². The van der Waals surface area contributed by atoms with Crippen LogP contribution in [-0.2, 0) is 0 Å². The van der Waals surface area contributed by atoms with E-state index in [-0.39, 0.29) is 0 Å². The predicted molar refractivity (Wildman–Crippen MR) is 74.3 cm³/mol. The van der Waals surface area contributed by atoms with Crippen LogP contribution >= 0.6 is 0 Å². The maximum absolute atomic E-state index is 6.34. The van der Waals surface area contributed by atoms with Crippen LogP contribution in [0.15, 0.2) is 36.5 Å². The molecule has 1 aliphatic heterocycles. The molecule has 5 nitrogen and oxygen atoms in total. The molecule has 1 aromatic carbocycles. The van der Waals surface area contributed by atoms with Gasteiger partial charge in [-0.15, -0.1) is 0 Å². The number of hydrogen-bond acceptors (Lipinski definition) is 5. The first-order valence-electron chi connectivity index (χ1n) is 6.44. The maximum atomic E-state index is 6.34. The number of hydrogen-bond donors (Lipinski definition) is 1. The molecule has 1 aromatic heterocycles. The summed E-state index contributed by atoms with van der Waals surface area (Å²) in [5.74, 6) is 2.08. The minimum absolute atomic E-state index is 0.428. The molecule has 5 heteroatoms. The van der Waals surface area contributed by atoms with Crippen LogP contribution in [0.4, 0.5) is 0 Å². The summed E-state index contributed by atoms with van der Waals surface area (Å²) < 4.78 is 16.6. The van der Waals surface area contributed by atoms with E-state index in [1.807, 2.05) is 30.3 Å². The van der Waals surface area contributed by atoms with E-state index in [2.05, 4.69) is 4.98 Å². The minimum atomic E-state index is -0.428.